The maximum Gasteiger partial charge on any atom is 0.264 e. The standard InChI is InChI=1S/C5H10O3S/c1-2-3-4-5-9(6,7)8/h2H,1,3-5H2,(H,6,7,8). The highest BCUT2D eigenvalue weighted by Crippen LogP contribution is 1.92. The Morgan fingerprint density at radius 1 is 1.56 bits per heavy atom. The van der Waals surface area contributed by atoms with Crippen LogP contribution in [0.2, 0.25) is 0 Å². The fraction of sp³-hybridized carbons (Fsp3) is 0.600. The first-order valence-corrected chi connectivity index (χ1v) is 4.23. The molecular weight excluding hydrogens is 140 g/mol. The molecule has 0 saturated heterocycles. The molecular formula is C5H10O3S. The zero-order valence-electron chi connectivity index (χ0n) is 5.08. The van der Waals surface area contributed by atoms with Crippen LogP contribution in [-0.2, 0) is 10.1 Å². The molecule has 0 aromatic heterocycles. The second-order valence-electron chi connectivity index (χ2n) is 1.72. The number of hydrogen-bond donors (Lipinski definition) is 1. The van der Waals surface area contributed by atoms with Crippen LogP contribution in [0.3, 0.4) is 0 Å². The normalized spacial score (nSPS) is 11.2. The lowest BCUT2D eigenvalue weighted by Gasteiger charge is -1.91. The summed E-state index contributed by atoms with van der Waals surface area (Å²) in [5, 5.41) is 0. The minimum atomic E-state index is -3.74. The third-order valence-electron chi connectivity index (χ3n) is 0.811. The van der Waals surface area contributed by atoms with Gasteiger partial charge < -0.3 is 0 Å². The van der Waals surface area contributed by atoms with Crippen molar-refractivity contribution in [2.45, 2.75) is 12.8 Å². The summed E-state index contributed by atoms with van der Waals surface area (Å²) in [5.74, 6) is -0.168. The van der Waals surface area contributed by atoms with Gasteiger partial charge in [0.05, 0.1) is 5.75 Å². The predicted molar refractivity (Wildman–Crippen MR) is 35.8 cm³/mol. The van der Waals surface area contributed by atoms with Crippen LogP contribution in [-0.4, -0.2) is 18.7 Å². The molecule has 1 N–H and O–H groups in total. The molecule has 0 bridgehead atoms. The summed E-state index contributed by atoms with van der Waals surface area (Å²) in [4.78, 5) is 0. The van der Waals surface area contributed by atoms with Gasteiger partial charge in [-0.1, -0.05) is 6.08 Å². The van der Waals surface area contributed by atoms with E-state index in [0.717, 1.165) is 0 Å². The summed E-state index contributed by atoms with van der Waals surface area (Å²) in [6.07, 6.45) is 2.69. The number of unbranched alkanes of at least 4 members (excludes halogenated alkanes) is 1. The molecule has 0 atom stereocenters. The summed E-state index contributed by atoms with van der Waals surface area (Å²) in [6.45, 7) is 3.40. The minimum Gasteiger partial charge on any atom is -0.286 e. The van der Waals surface area contributed by atoms with Crippen molar-refractivity contribution in [1.29, 1.82) is 0 Å². The summed E-state index contributed by atoms with van der Waals surface area (Å²) >= 11 is 0. The van der Waals surface area contributed by atoms with E-state index in [1.165, 1.54) is 0 Å². The third kappa shape index (κ3) is 7.65. The third-order valence-corrected chi connectivity index (χ3v) is 1.62. The molecule has 0 aromatic carbocycles. The summed E-state index contributed by atoms with van der Waals surface area (Å²) in [6, 6.07) is 0. The Balaban J connectivity index is 3.40. The van der Waals surface area contributed by atoms with Gasteiger partial charge in [0.15, 0.2) is 0 Å². The van der Waals surface area contributed by atoms with Crippen LogP contribution in [0.1, 0.15) is 12.8 Å². The molecule has 0 aliphatic heterocycles. The van der Waals surface area contributed by atoms with Gasteiger partial charge in [-0.05, 0) is 12.8 Å². The predicted octanol–water partition coefficient (Wildman–Crippen LogP) is 0.840. The lowest BCUT2D eigenvalue weighted by molar-refractivity contribution is 0.481. The Labute approximate surface area is 55.1 Å². The molecule has 0 amide bonds. The van der Waals surface area contributed by atoms with Gasteiger partial charge in [-0.2, -0.15) is 8.42 Å². The van der Waals surface area contributed by atoms with E-state index in [-0.39, 0.29) is 5.75 Å². The topological polar surface area (TPSA) is 54.4 Å². The van der Waals surface area contributed by atoms with E-state index in [4.69, 9.17) is 4.55 Å². The van der Waals surface area contributed by atoms with Crippen molar-refractivity contribution in [3.63, 3.8) is 0 Å². The van der Waals surface area contributed by atoms with Crippen LogP contribution in [0.5, 0.6) is 0 Å². The molecule has 0 unspecified atom stereocenters. The highest BCUT2D eigenvalue weighted by Gasteiger charge is 2.00. The highest BCUT2D eigenvalue weighted by atomic mass is 32.2. The Hall–Kier alpha value is -0.350. The molecule has 0 radical (unpaired) electrons. The van der Waals surface area contributed by atoms with E-state index in [9.17, 15) is 8.42 Å². The quantitative estimate of drug-likeness (QED) is 0.367. The van der Waals surface area contributed by atoms with Crippen LogP contribution >= 0.6 is 0 Å². The van der Waals surface area contributed by atoms with Gasteiger partial charge in [0.1, 0.15) is 0 Å². The van der Waals surface area contributed by atoms with Gasteiger partial charge in [0, 0.05) is 0 Å². The Morgan fingerprint density at radius 2 is 2.11 bits per heavy atom. The van der Waals surface area contributed by atoms with E-state index in [1.54, 1.807) is 6.08 Å². The van der Waals surface area contributed by atoms with Gasteiger partial charge in [-0.15, -0.1) is 6.58 Å². The van der Waals surface area contributed by atoms with E-state index < -0.39 is 10.1 Å². The molecule has 0 fully saturated rings. The fourth-order valence-electron chi connectivity index (χ4n) is 0.410. The van der Waals surface area contributed by atoms with E-state index in [1.807, 2.05) is 0 Å². The molecule has 0 saturated carbocycles. The first kappa shape index (κ1) is 8.65. The van der Waals surface area contributed by atoms with Crippen molar-refractivity contribution >= 4 is 10.1 Å². The van der Waals surface area contributed by atoms with Gasteiger partial charge in [-0.25, -0.2) is 0 Å². The van der Waals surface area contributed by atoms with Crippen molar-refractivity contribution in [1.82, 2.24) is 0 Å². The van der Waals surface area contributed by atoms with Crippen molar-refractivity contribution < 1.29 is 13.0 Å². The molecule has 0 aliphatic carbocycles. The van der Waals surface area contributed by atoms with Crippen LogP contribution in [0.25, 0.3) is 0 Å². The SMILES string of the molecule is C=CCCCS(=O)(=O)O. The fourth-order valence-corrected chi connectivity index (χ4v) is 0.942. The van der Waals surface area contributed by atoms with E-state index in [0.29, 0.717) is 12.8 Å². The summed E-state index contributed by atoms with van der Waals surface area (Å²) in [5.41, 5.74) is 0. The Kier molecular flexibility index (Phi) is 3.49. The second kappa shape index (κ2) is 3.63. The maximum atomic E-state index is 10.0. The van der Waals surface area contributed by atoms with Crippen molar-refractivity contribution in [2.75, 3.05) is 5.75 Å². The molecule has 9 heavy (non-hydrogen) atoms. The number of rotatable bonds is 4. The first-order chi connectivity index (χ1) is 4.06. The smallest absolute Gasteiger partial charge is 0.264 e. The van der Waals surface area contributed by atoms with Crippen molar-refractivity contribution in [3.8, 4) is 0 Å². The largest absolute Gasteiger partial charge is 0.286 e. The minimum absolute atomic E-state index is 0.168. The molecule has 0 heterocycles. The second-order valence-corrected chi connectivity index (χ2v) is 3.29. The van der Waals surface area contributed by atoms with Crippen molar-refractivity contribution in [3.05, 3.63) is 12.7 Å². The number of hydrogen-bond acceptors (Lipinski definition) is 2. The van der Waals surface area contributed by atoms with Gasteiger partial charge >= 0.3 is 0 Å². The summed E-state index contributed by atoms with van der Waals surface area (Å²) in [7, 11) is -3.74. The van der Waals surface area contributed by atoms with Gasteiger partial charge in [-0.3, -0.25) is 4.55 Å². The maximum absolute atomic E-state index is 10.0. The van der Waals surface area contributed by atoms with Gasteiger partial charge in [0.25, 0.3) is 10.1 Å². The molecule has 54 valence electrons. The lowest BCUT2D eigenvalue weighted by Crippen LogP contribution is -2.02. The van der Waals surface area contributed by atoms with Crippen LogP contribution in [0.15, 0.2) is 12.7 Å². The van der Waals surface area contributed by atoms with Crippen LogP contribution in [0, 0.1) is 0 Å². The molecule has 4 heteroatoms. The van der Waals surface area contributed by atoms with Crippen LogP contribution in [0.4, 0.5) is 0 Å². The Morgan fingerprint density at radius 3 is 2.44 bits per heavy atom. The number of allylic oxidation sites excluding steroid dienone is 1. The zero-order valence-corrected chi connectivity index (χ0v) is 5.89. The van der Waals surface area contributed by atoms with E-state index >= 15 is 0 Å². The highest BCUT2D eigenvalue weighted by molar-refractivity contribution is 7.85. The first-order valence-electron chi connectivity index (χ1n) is 2.62. The zero-order chi connectivity index (χ0) is 7.33. The molecule has 0 spiro atoms. The lowest BCUT2D eigenvalue weighted by atomic mass is 10.3. The van der Waals surface area contributed by atoms with Crippen molar-refractivity contribution in [2.24, 2.45) is 0 Å². The van der Waals surface area contributed by atoms with Crippen LogP contribution < -0.4 is 0 Å². The van der Waals surface area contributed by atoms with E-state index in [2.05, 4.69) is 6.58 Å². The summed E-state index contributed by atoms with van der Waals surface area (Å²) < 4.78 is 28.2. The monoisotopic (exact) mass is 150 g/mol. The molecule has 0 aliphatic rings. The van der Waals surface area contributed by atoms with Gasteiger partial charge in [0.2, 0.25) is 0 Å². The molecule has 0 rings (SSSR count). The Bertz CT molecular complexity index is 169. The molecule has 3 nitrogen and oxygen atoms in total. The average molecular weight is 150 g/mol. The molecule has 0 aromatic rings. The average Bonchev–Trinajstić information content (AvgIpc) is 1.63.